The Morgan fingerprint density at radius 2 is 2.37 bits per heavy atom. The number of hydrogen-bond donors (Lipinski definition) is 1. The maximum absolute atomic E-state index is 11.3. The molecule has 0 spiro atoms. The molecule has 0 saturated carbocycles. The van der Waals surface area contributed by atoms with Crippen LogP contribution < -0.4 is 0 Å². The van der Waals surface area contributed by atoms with Crippen molar-refractivity contribution < 1.29 is 9.90 Å². The molecule has 3 rings (SSSR count). The van der Waals surface area contributed by atoms with Crippen molar-refractivity contribution in [3.05, 3.63) is 24.2 Å². The molecule has 2 aromatic rings. The van der Waals surface area contributed by atoms with Gasteiger partial charge in [-0.15, -0.1) is 11.8 Å². The molecule has 2 atom stereocenters. The lowest BCUT2D eigenvalue weighted by Crippen LogP contribution is -2.21. The fraction of sp³-hybridized carbons (Fsp3) is 0.429. The Kier molecular flexibility index (Phi) is 3.01. The Morgan fingerprint density at radius 1 is 1.58 bits per heavy atom. The molecule has 0 fully saturated rings. The van der Waals surface area contributed by atoms with Gasteiger partial charge < -0.3 is 9.67 Å². The molecule has 2 unspecified atom stereocenters. The number of nitrogens with zero attached hydrogens (tertiary/aromatic N) is 2. The van der Waals surface area contributed by atoms with Crippen molar-refractivity contribution in [2.24, 2.45) is 5.92 Å². The molecule has 19 heavy (non-hydrogen) atoms. The molecule has 2 aromatic heterocycles. The Balaban J connectivity index is 2.20. The number of aryl methyl sites for hydroxylation is 1. The van der Waals surface area contributed by atoms with Crippen LogP contribution in [0.3, 0.4) is 0 Å². The van der Waals surface area contributed by atoms with Crippen molar-refractivity contribution in [1.82, 2.24) is 9.55 Å². The summed E-state index contributed by atoms with van der Waals surface area (Å²) in [5.41, 5.74) is 2.38. The average molecular weight is 276 g/mol. The van der Waals surface area contributed by atoms with Crippen LogP contribution in [0.4, 0.5) is 0 Å². The van der Waals surface area contributed by atoms with Gasteiger partial charge >= 0.3 is 5.97 Å². The summed E-state index contributed by atoms with van der Waals surface area (Å²) >= 11 is 1.66. The highest BCUT2D eigenvalue weighted by atomic mass is 32.2. The van der Waals surface area contributed by atoms with E-state index >= 15 is 0 Å². The predicted octanol–water partition coefficient (Wildman–Crippen LogP) is 2.97. The summed E-state index contributed by atoms with van der Waals surface area (Å²) in [6, 6.07) is 2.20. The topological polar surface area (TPSA) is 55.1 Å². The van der Waals surface area contributed by atoms with Gasteiger partial charge in [0.15, 0.2) is 0 Å². The normalized spacial score (nSPS) is 19.6. The third-order valence-corrected chi connectivity index (χ3v) is 4.74. The highest BCUT2D eigenvalue weighted by Crippen LogP contribution is 2.40. The van der Waals surface area contributed by atoms with Gasteiger partial charge in [0.1, 0.15) is 0 Å². The first-order valence-electron chi connectivity index (χ1n) is 6.38. The van der Waals surface area contributed by atoms with E-state index < -0.39 is 5.97 Å². The quantitative estimate of drug-likeness (QED) is 0.876. The van der Waals surface area contributed by atoms with Crippen LogP contribution in [0.25, 0.3) is 10.9 Å². The largest absolute Gasteiger partial charge is 0.481 e. The molecule has 0 bridgehead atoms. The summed E-state index contributed by atoms with van der Waals surface area (Å²) in [5, 5.41) is 10.4. The monoisotopic (exact) mass is 276 g/mol. The van der Waals surface area contributed by atoms with Gasteiger partial charge in [0.2, 0.25) is 0 Å². The first-order chi connectivity index (χ1) is 9.13. The first-order valence-corrected chi connectivity index (χ1v) is 7.60. The van der Waals surface area contributed by atoms with Gasteiger partial charge in [0.25, 0.3) is 0 Å². The Labute approximate surface area is 115 Å². The number of rotatable bonds is 3. The van der Waals surface area contributed by atoms with Gasteiger partial charge in [-0.3, -0.25) is 9.78 Å². The van der Waals surface area contributed by atoms with Crippen LogP contribution in [0.15, 0.2) is 23.4 Å². The van der Waals surface area contributed by atoms with Crippen LogP contribution in [0.2, 0.25) is 0 Å². The number of aliphatic carboxylic acids is 1. The molecule has 1 N–H and O–H groups in total. The third-order valence-electron chi connectivity index (χ3n) is 4.00. The SMILES string of the molecule is CSc1cncc2cc3n(c12)C(C(C)C(=O)O)CC3. The average Bonchev–Trinajstić information content (AvgIpc) is 2.95. The first kappa shape index (κ1) is 12.5. The molecule has 1 aliphatic rings. The van der Waals surface area contributed by atoms with Crippen LogP contribution >= 0.6 is 11.8 Å². The van der Waals surface area contributed by atoms with E-state index in [-0.39, 0.29) is 12.0 Å². The van der Waals surface area contributed by atoms with Gasteiger partial charge in [-0.25, -0.2) is 0 Å². The molecule has 4 nitrogen and oxygen atoms in total. The van der Waals surface area contributed by atoms with Crippen LogP contribution in [-0.2, 0) is 11.2 Å². The lowest BCUT2D eigenvalue weighted by atomic mass is 9.99. The summed E-state index contributed by atoms with van der Waals surface area (Å²) in [7, 11) is 0. The zero-order chi connectivity index (χ0) is 13.6. The van der Waals surface area contributed by atoms with Gasteiger partial charge in [0.05, 0.1) is 11.4 Å². The molecule has 1 aliphatic heterocycles. The lowest BCUT2D eigenvalue weighted by Gasteiger charge is -2.20. The standard InChI is InChI=1S/C14H16N2O2S/c1-8(14(17)18)11-4-3-10-5-9-6-15-7-12(19-2)13(9)16(10)11/h5-8,11H,3-4H2,1-2H3,(H,17,18). The van der Waals surface area contributed by atoms with Crippen LogP contribution in [0.5, 0.6) is 0 Å². The molecule has 3 heterocycles. The summed E-state index contributed by atoms with van der Waals surface area (Å²) in [6.45, 7) is 1.80. The minimum Gasteiger partial charge on any atom is -0.481 e. The van der Waals surface area contributed by atoms with Gasteiger partial charge in [-0.1, -0.05) is 0 Å². The third kappa shape index (κ3) is 1.84. The Morgan fingerprint density at radius 3 is 3.05 bits per heavy atom. The van der Waals surface area contributed by atoms with Crippen LogP contribution in [0.1, 0.15) is 25.1 Å². The predicted molar refractivity (Wildman–Crippen MR) is 75.7 cm³/mol. The Bertz CT molecular complexity index is 650. The van der Waals surface area contributed by atoms with E-state index in [1.165, 1.54) is 5.69 Å². The molecule has 0 aromatic carbocycles. The minimum absolute atomic E-state index is 0.0540. The maximum atomic E-state index is 11.3. The second-order valence-corrected chi connectivity index (χ2v) is 5.87. The minimum atomic E-state index is -0.723. The number of carboxylic acid groups (broad SMARTS) is 1. The van der Waals surface area contributed by atoms with Crippen molar-refractivity contribution in [2.45, 2.75) is 30.7 Å². The highest BCUT2D eigenvalue weighted by Gasteiger charge is 2.32. The zero-order valence-corrected chi connectivity index (χ0v) is 11.8. The number of fused-ring (bicyclic) bond motifs is 3. The van der Waals surface area contributed by atoms with E-state index in [9.17, 15) is 9.90 Å². The second kappa shape index (κ2) is 4.56. The van der Waals surface area contributed by atoms with Gasteiger partial charge in [0, 0.05) is 34.4 Å². The van der Waals surface area contributed by atoms with Gasteiger partial charge in [-0.2, -0.15) is 0 Å². The zero-order valence-electron chi connectivity index (χ0n) is 11.0. The molecule has 0 amide bonds. The summed E-state index contributed by atoms with van der Waals surface area (Å²) in [5.74, 6) is -1.08. The summed E-state index contributed by atoms with van der Waals surface area (Å²) < 4.78 is 2.22. The van der Waals surface area contributed by atoms with E-state index in [1.54, 1.807) is 18.7 Å². The summed E-state index contributed by atoms with van der Waals surface area (Å²) in [4.78, 5) is 16.6. The number of hydrogen-bond acceptors (Lipinski definition) is 3. The van der Waals surface area contributed by atoms with Crippen molar-refractivity contribution in [3.8, 4) is 0 Å². The highest BCUT2D eigenvalue weighted by molar-refractivity contribution is 7.98. The molecular weight excluding hydrogens is 260 g/mol. The fourth-order valence-electron chi connectivity index (χ4n) is 2.99. The van der Waals surface area contributed by atoms with Gasteiger partial charge in [-0.05, 0) is 32.1 Å². The molecular formula is C14H16N2O2S. The second-order valence-electron chi connectivity index (χ2n) is 5.02. The van der Waals surface area contributed by atoms with Crippen LogP contribution in [0, 0.1) is 5.92 Å². The maximum Gasteiger partial charge on any atom is 0.308 e. The molecule has 100 valence electrons. The smallest absolute Gasteiger partial charge is 0.308 e. The fourth-order valence-corrected chi connectivity index (χ4v) is 3.57. The molecule has 5 heteroatoms. The molecule has 0 saturated heterocycles. The van der Waals surface area contributed by atoms with Crippen molar-refractivity contribution in [1.29, 1.82) is 0 Å². The number of thioether (sulfide) groups is 1. The molecule has 0 radical (unpaired) electrons. The van der Waals surface area contributed by atoms with E-state index in [2.05, 4.69) is 15.6 Å². The number of carbonyl (C=O) groups is 1. The van der Waals surface area contributed by atoms with Crippen molar-refractivity contribution in [2.75, 3.05) is 6.26 Å². The van der Waals surface area contributed by atoms with E-state index in [0.29, 0.717) is 0 Å². The number of carboxylic acids is 1. The van der Waals surface area contributed by atoms with Crippen LogP contribution in [-0.4, -0.2) is 26.9 Å². The number of pyridine rings is 1. The Hall–Kier alpha value is -1.49. The van der Waals surface area contributed by atoms with E-state index in [4.69, 9.17) is 0 Å². The summed E-state index contributed by atoms with van der Waals surface area (Å²) in [6.07, 6.45) is 7.62. The van der Waals surface area contributed by atoms with Crippen molar-refractivity contribution >= 4 is 28.6 Å². The lowest BCUT2D eigenvalue weighted by molar-refractivity contribution is -0.142. The van der Waals surface area contributed by atoms with E-state index in [1.807, 2.05) is 18.6 Å². The van der Waals surface area contributed by atoms with Crippen molar-refractivity contribution in [3.63, 3.8) is 0 Å². The molecule has 0 aliphatic carbocycles. The number of aromatic nitrogens is 2. The van der Waals surface area contributed by atoms with E-state index in [0.717, 1.165) is 28.6 Å².